The van der Waals surface area contributed by atoms with Crippen LogP contribution in [0.1, 0.15) is 38.5 Å². The molecule has 0 amide bonds. The topological polar surface area (TPSA) is 84.1 Å². The van der Waals surface area contributed by atoms with Gasteiger partial charge in [-0.25, -0.2) is 9.97 Å². The van der Waals surface area contributed by atoms with Crippen molar-refractivity contribution >= 4 is 22.4 Å². The molecule has 4 N–H and O–H groups in total. The zero-order chi connectivity index (χ0) is 14.7. The molecule has 1 saturated carbocycles. The average Bonchev–Trinajstić information content (AvgIpc) is 2.70. The Bertz CT molecular complexity index is 621. The molecule has 0 atom stereocenters. The molecule has 0 bridgehead atoms. The molecule has 0 saturated heterocycles. The lowest BCUT2D eigenvalue weighted by molar-refractivity contribution is 0.0381. The van der Waals surface area contributed by atoms with Crippen LogP contribution in [0.5, 0.6) is 0 Å². The Hall–Kier alpha value is -1.88. The van der Waals surface area contributed by atoms with Gasteiger partial charge in [-0.3, -0.25) is 0 Å². The van der Waals surface area contributed by atoms with Crippen molar-refractivity contribution in [1.82, 2.24) is 9.97 Å². The Morgan fingerprint density at radius 3 is 2.67 bits per heavy atom. The lowest BCUT2D eigenvalue weighted by Crippen LogP contribution is -2.36. The highest BCUT2D eigenvalue weighted by molar-refractivity contribution is 5.91. The molecule has 1 aromatic heterocycles. The largest absolute Gasteiger partial charge is 0.399 e. The summed E-state index contributed by atoms with van der Waals surface area (Å²) < 4.78 is 0. The second kappa shape index (κ2) is 5.85. The number of fused-ring (bicyclic) bond motifs is 1. The zero-order valence-electron chi connectivity index (χ0n) is 12.2. The predicted octanol–water partition coefficient (Wildman–Crippen LogP) is 2.71. The fourth-order valence-corrected chi connectivity index (χ4v) is 3.03. The van der Waals surface area contributed by atoms with Crippen molar-refractivity contribution in [3.8, 4) is 0 Å². The third kappa shape index (κ3) is 3.24. The highest BCUT2D eigenvalue weighted by atomic mass is 16.3. The number of aliphatic hydroxyl groups is 1. The smallest absolute Gasteiger partial charge is 0.137 e. The zero-order valence-corrected chi connectivity index (χ0v) is 12.2. The molecule has 1 aromatic carbocycles. The van der Waals surface area contributed by atoms with Gasteiger partial charge in [0.05, 0.1) is 11.1 Å². The minimum atomic E-state index is -0.631. The minimum Gasteiger partial charge on any atom is -0.399 e. The fraction of sp³-hybridized carbons (Fsp3) is 0.500. The summed E-state index contributed by atoms with van der Waals surface area (Å²) in [5.41, 5.74) is 6.76. The number of nitrogen functional groups attached to an aromatic ring is 1. The summed E-state index contributed by atoms with van der Waals surface area (Å²) in [6.07, 6.45) is 7.87. The Kier molecular flexibility index (Phi) is 3.92. The van der Waals surface area contributed by atoms with Gasteiger partial charge in [0.2, 0.25) is 0 Å². The van der Waals surface area contributed by atoms with Crippen molar-refractivity contribution < 1.29 is 5.11 Å². The van der Waals surface area contributed by atoms with Gasteiger partial charge < -0.3 is 16.2 Å². The van der Waals surface area contributed by atoms with Crippen LogP contribution in [0.15, 0.2) is 24.5 Å². The molecule has 1 heterocycles. The average molecular weight is 286 g/mol. The number of hydrogen-bond donors (Lipinski definition) is 3. The van der Waals surface area contributed by atoms with Gasteiger partial charge in [-0.05, 0) is 31.0 Å². The number of nitrogens with one attached hydrogen (secondary N) is 1. The third-order valence-corrected chi connectivity index (χ3v) is 4.28. The molecule has 0 aliphatic heterocycles. The molecule has 0 unspecified atom stereocenters. The summed E-state index contributed by atoms with van der Waals surface area (Å²) in [7, 11) is 0. The van der Waals surface area contributed by atoms with E-state index in [1.165, 1.54) is 19.2 Å². The van der Waals surface area contributed by atoms with Crippen LogP contribution in [-0.4, -0.2) is 27.2 Å². The SMILES string of the molecule is Nc1ccc2ncnc(NCC3(O)CCCCCC3)c2c1. The number of aromatic nitrogens is 2. The Balaban J connectivity index is 1.80. The van der Waals surface area contributed by atoms with E-state index in [1.807, 2.05) is 18.2 Å². The standard InChI is InChI=1S/C16H22N4O/c17-12-5-6-14-13(9-12)15(20-11-19-14)18-10-16(21)7-3-1-2-4-8-16/h5-6,9,11,21H,1-4,7-8,10,17H2,(H,18,19,20). The van der Waals surface area contributed by atoms with E-state index >= 15 is 0 Å². The van der Waals surface area contributed by atoms with E-state index in [9.17, 15) is 5.11 Å². The van der Waals surface area contributed by atoms with E-state index in [4.69, 9.17) is 5.73 Å². The second-order valence-electron chi connectivity index (χ2n) is 5.99. The lowest BCUT2D eigenvalue weighted by atomic mass is 9.94. The first kappa shape index (κ1) is 14.1. The first-order valence-corrected chi connectivity index (χ1v) is 7.63. The molecule has 112 valence electrons. The van der Waals surface area contributed by atoms with Crippen LogP contribution in [-0.2, 0) is 0 Å². The van der Waals surface area contributed by atoms with Gasteiger partial charge in [-0.1, -0.05) is 25.7 Å². The molecular formula is C16H22N4O. The summed E-state index contributed by atoms with van der Waals surface area (Å²) in [6.45, 7) is 0.522. The molecule has 5 nitrogen and oxygen atoms in total. The normalized spacial score (nSPS) is 18.3. The maximum Gasteiger partial charge on any atom is 0.137 e. The Morgan fingerprint density at radius 1 is 1.14 bits per heavy atom. The quantitative estimate of drug-likeness (QED) is 0.597. The van der Waals surface area contributed by atoms with Crippen molar-refractivity contribution in [2.75, 3.05) is 17.6 Å². The monoisotopic (exact) mass is 286 g/mol. The van der Waals surface area contributed by atoms with Gasteiger partial charge in [-0.15, -0.1) is 0 Å². The summed E-state index contributed by atoms with van der Waals surface area (Å²) in [5, 5.41) is 14.9. The molecule has 5 heteroatoms. The van der Waals surface area contributed by atoms with Gasteiger partial charge >= 0.3 is 0 Å². The van der Waals surface area contributed by atoms with Crippen molar-refractivity contribution in [3.05, 3.63) is 24.5 Å². The van der Waals surface area contributed by atoms with Crippen LogP contribution in [0.4, 0.5) is 11.5 Å². The van der Waals surface area contributed by atoms with Crippen LogP contribution in [0, 0.1) is 0 Å². The molecule has 21 heavy (non-hydrogen) atoms. The molecule has 0 radical (unpaired) electrons. The summed E-state index contributed by atoms with van der Waals surface area (Å²) in [5.74, 6) is 0.741. The van der Waals surface area contributed by atoms with Crippen molar-refractivity contribution in [2.45, 2.75) is 44.1 Å². The number of nitrogens with zero attached hydrogens (tertiary/aromatic N) is 2. The molecule has 0 spiro atoms. The van der Waals surface area contributed by atoms with E-state index in [2.05, 4.69) is 15.3 Å². The lowest BCUT2D eigenvalue weighted by Gasteiger charge is -2.27. The first-order valence-electron chi connectivity index (χ1n) is 7.63. The van der Waals surface area contributed by atoms with Crippen molar-refractivity contribution in [3.63, 3.8) is 0 Å². The summed E-state index contributed by atoms with van der Waals surface area (Å²) in [6, 6.07) is 5.59. The Morgan fingerprint density at radius 2 is 1.90 bits per heavy atom. The van der Waals surface area contributed by atoms with Crippen LogP contribution >= 0.6 is 0 Å². The molecule has 2 aromatic rings. The van der Waals surface area contributed by atoms with Crippen LogP contribution in [0.2, 0.25) is 0 Å². The molecular weight excluding hydrogens is 264 g/mol. The van der Waals surface area contributed by atoms with Gasteiger partial charge in [-0.2, -0.15) is 0 Å². The number of nitrogens with two attached hydrogens (primary N) is 1. The van der Waals surface area contributed by atoms with Crippen LogP contribution in [0.25, 0.3) is 10.9 Å². The van der Waals surface area contributed by atoms with Crippen LogP contribution < -0.4 is 11.1 Å². The summed E-state index contributed by atoms with van der Waals surface area (Å²) >= 11 is 0. The molecule has 1 aliphatic carbocycles. The number of rotatable bonds is 3. The molecule has 1 fully saturated rings. The highest BCUT2D eigenvalue weighted by Crippen LogP contribution is 2.28. The number of anilines is 2. The fourth-order valence-electron chi connectivity index (χ4n) is 3.03. The third-order valence-electron chi connectivity index (χ3n) is 4.28. The number of benzene rings is 1. The first-order chi connectivity index (χ1) is 10.2. The number of hydrogen-bond acceptors (Lipinski definition) is 5. The second-order valence-corrected chi connectivity index (χ2v) is 5.99. The Labute approximate surface area is 124 Å². The van der Waals surface area contributed by atoms with E-state index in [1.54, 1.807) is 0 Å². The van der Waals surface area contributed by atoms with Gasteiger partial charge in [0.15, 0.2) is 0 Å². The maximum absolute atomic E-state index is 10.7. The maximum atomic E-state index is 10.7. The van der Waals surface area contributed by atoms with E-state index < -0.39 is 5.60 Å². The summed E-state index contributed by atoms with van der Waals surface area (Å²) in [4.78, 5) is 8.54. The highest BCUT2D eigenvalue weighted by Gasteiger charge is 2.27. The molecule has 1 aliphatic rings. The van der Waals surface area contributed by atoms with Gasteiger partial charge in [0, 0.05) is 17.6 Å². The van der Waals surface area contributed by atoms with Crippen molar-refractivity contribution in [1.29, 1.82) is 0 Å². The van der Waals surface area contributed by atoms with E-state index in [0.717, 1.165) is 42.4 Å². The van der Waals surface area contributed by atoms with E-state index in [0.29, 0.717) is 12.2 Å². The van der Waals surface area contributed by atoms with Gasteiger partial charge in [0.1, 0.15) is 12.1 Å². The van der Waals surface area contributed by atoms with Crippen LogP contribution in [0.3, 0.4) is 0 Å². The minimum absolute atomic E-state index is 0.522. The van der Waals surface area contributed by atoms with Gasteiger partial charge in [0.25, 0.3) is 0 Å². The molecule has 3 rings (SSSR count). The van der Waals surface area contributed by atoms with E-state index in [-0.39, 0.29) is 0 Å². The van der Waals surface area contributed by atoms with Crippen molar-refractivity contribution in [2.24, 2.45) is 0 Å². The predicted molar refractivity (Wildman–Crippen MR) is 85.1 cm³/mol.